The average molecular weight is 191 g/mol. The first-order valence-electron chi connectivity index (χ1n) is 4.67. The van der Waals surface area contributed by atoms with Gasteiger partial charge in [0, 0.05) is 0 Å². The van der Waals surface area contributed by atoms with Gasteiger partial charge in [-0.15, -0.1) is 0 Å². The molecule has 14 heavy (non-hydrogen) atoms. The van der Waals surface area contributed by atoms with Crippen LogP contribution >= 0.6 is 0 Å². The van der Waals surface area contributed by atoms with Crippen LogP contribution in [0.25, 0.3) is 0 Å². The molecule has 74 valence electrons. The summed E-state index contributed by atoms with van der Waals surface area (Å²) in [5.41, 5.74) is 1.22. The second-order valence-electron chi connectivity index (χ2n) is 3.03. The van der Waals surface area contributed by atoms with Crippen LogP contribution in [0.3, 0.4) is 0 Å². The maximum absolute atomic E-state index is 9.97. The molecule has 0 aromatic heterocycles. The molecule has 0 radical (unpaired) electrons. The van der Waals surface area contributed by atoms with Gasteiger partial charge in [0.15, 0.2) is 0 Å². The molecule has 1 aromatic carbocycles. The third-order valence-corrected chi connectivity index (χ3v) is 1.80. The Morgan fingerprint density at radius 2 is 2.07 bits per heavy atom. The van der Waals surface area contributed by atoms with Crippen LogP contribution in [-0.2, 0) is 4.70 Å². The number of hydrogen-bond acceptors (Lipinski definition) is 3. The van der Waals surface area contributed by atoms with E-state index in [2.05, 4.69) is 5.32 Å². The van der Waals surface area contributed by atoms with Crippen molar-refractivity contribution >= 4 is 7.15 Å². The van der Waals surface area contributed by atoms with Crippen LogP contribution in [0.4, 0.5) is 0 Å². The fraction of sp³-hybridized carbons (Fsp3) is 0.400. The summed E-state index contributed by atoms with van der Waals surface area (Å²) in [6.45, 7) is 3.30. The minimum atomic E-state index is 0.386. The summed E-state index contributed by atoms with van der Waals surface area (Å²) in [4.78, 5) is 0. The summed E-state index contributed by atoms with van der Waals surface area (Å²) < 4.78 is 15.4. The van der Waals surface area contributed by atoms with Gasteiger partial charge in [0.1, 0.15) is 0 Å². The maximum atomic E-state index is 9.97. The van der Waals surface area contributed by atoms with Gasteiger partial charge in [-0.1, -0.05) is 0 Å². The Hall–Kier alpha value is -1.16. The van der Waals surface area contributed by atoms with Gasteiger partial charge >= 0.3 is 84.0 Å². The molecule has 0 saturated carbocycles. The number of benzene rings is 1. The van der Waals surface area contributed by atoms with Crippen molar-refractivity contribution in [1.82, 2.24) is 5.32 Å². The molecule has 0 amide bonds. The molecule has 4 heteroatoms. The number of rotatable bonds is 6. The van der Waals surface area contributed by atoms with E-state index in [1.807, 2.05) is 31.2 Å². The van der Waals surface area contributed by atoms with Crippen LogP contribution in [0.5, 0.6) is 5.75 Å². The Morgan fingerprint density at radius 3 is 2.71 bits per heavy atom. The molecular formula is C10H14BNO2. The molecule has 0 aliphatic heterocycles. The number of ether oxygens (including phenoxy) is 1. The predicted molar refractivity (Wildman–Crippen MR) is 56.0 cm³/mol. The average Bonchev–Trinajstić information content (AvgIpc) is 2.21. The summed E-state index contributed by atoms with van der Waals surface area (Å²) >= 11 is 0. The van der Waals surface area contributed by atoms with Crippen LogP contribution in [0.15, 0.2) is 24.3 Å². The van der Waals surface area contributed by atoms with E-state index in [4.69, 9.17) is 4.74 Å². The summed E-state index contributed by atoms with van der Waals surface area (Å²) in [6.07, 6.45) is 0.386. The third kappa shape index (κ3) is 4.19. The molecule has 0 atom stereocenters. The minimum absolute atomic E-state index is 0.386. The standard InChI is InChI=1S/C10H14BNO2/c1-9-2-4-10(5-3-9)14-7-6-12-8-11-13/h2-5,12H,6-8H2,1H3. The van der Waals surface area contributed by atoms with E-state index in [0.717, 1.165) is 12.9 Å². The Morgan fingerprint density at radius 1 is 1.36 bits per heavy atom. The van der Waals surface area contributed by atoms with Gasteiger partial charge in [-0.05, 0) is 0 Å². The molecule has 0 aliphatic rings. The first kappa shape index (κ1) is 10.9. The third-order valence-electron chi connectivity index (χ3n) is 1.80. The van der Waals surface area contributed by atoms with Crippen molar-refractivity contribution in [3.05, 3.63) is 29.8 Å². The zero-order chi connectivity index (χ0) is 10.2. The van der Waals surface area contributed by atoms with Crippen molar-refractivity contribution in [3.63, 3.8) is 0 Å². The topological polar surface area (TPSA) is 38.3 Å². The second-order valence-corrected chi connectivity index (χ2v) is 3.03. The van der Waals surface area contributed by atoms with Gasteiger partial charge in [-0.3, -0.25) is 0 Å². The summed E-state index contributed by atoms with van der Waals surface area (Å²) in [7, 11) is 0.839. The first-order valence-corrected chi connectivity index (χ1v) is 4.67. The van der Waals surface area contributed by atoms with Gasteiger partial charge < -0.3 is 0 Å². The second kappa shape index (κ2) is 6.32. The van der Waals surface area contributed by atoms with Crippen LogP contribution in [-0.4, -0.2) is 26.7 Å². The Bertz CT molecular complexity index is 274. The van der Waals surface area contributed by atoms with Crippen molar-refractivity contribution in [2.75, 3.05) is 19.6 Å². The van der Waals surface area contributed by atoms with Gasteiger partial charge in [0.2, 0.25) is 0 Å². The molecule has 3 nitrogen and oxygen atoms in total. The van der Waals surface area contributed by atoms with Gasteiger partial charge in [-0.25, -0.2) is 0 Å². The number of nitrogens with one attached hydrogen (secondary N) is 1. The van der Waals surface area contributed by atoms with E-state index in [0.29, 0.717) is 19.6 Å². The summed E-state index contributed by atoms with van der Waals surface area (Å²) in [6, 6.07) is 7.90. The van der Waals surface area contributed by atoms with Crippen molar-refractivity contribution < 1.29 is 9.44 Å². The fourth-order valence-corrected chi connectivity index (χ4v) is 1.04. The first-order chi connectivity index (χ1) is 6.83. The van der Waals surface area contributed by atoms with Crippen LogP contribution in [0.1, 0.15) is 5.56 Å². The molecular weight excluding hydrogens is 177 g/mol. The van der Waals surface area contributed by atoms with E-state index >= 15 is 0 Å². The Labute approximate surface area is 84.7 Å². The molecule has 1 aromatic rings. The number of aryl methyl sites for hydroxylation is 1. The molecule has 0 fully saturated rings. The molecule has 0 spiro atoms. The Balaban J connectivity index is 2.18. The molecule has 1 N–H and O–H groups in total. The van der Waals surface area contributed by atoms with E-state index < -0.39 is 0 Å². The van der Waals surface area contributed by atoms with E-state index in [-0.39, 0.29) is 0 Å². The van der Waals surface area contributed by atoms with Crippen LogP contribution in [0.2, 0.25) is 0 Å². The van der Waals surface area contributed by atoms with Crippen LogP contribution in [0, 0.1) is 6.92 Å². The van der Waals surface area contributed by atoms with Gasteiger partial charge in [-0.2, -0.15) is 0 Å². The van der Waals surface area contributed by atoms with E-state index in [1.54, 1.807) is 0 Å². The Kier molecular flexibility index (Phi) is 4.93. The van der Waals surface area contributed by atoms with E-state index in [1.165, 1.54) is 5.56 Å². The molecule has 0 bridgehead atoms. The van der Waals surface area contributed by atoms with Crippen LogP contribution < -0.4 is 10.1 Å². The molecule has 0 saturated heterocycles. The van der Waals surface area contributed by atoms with Gasteiger partial charge in [0.05, 0.1) is 0 Å². The molecule has 1 rings (SSSR count). The van der Waals surface area contributed by atoms with Crippen molar-refractivity contribution in [2.24, 2.45) is 0 Å². The van der Waals surface area contributed by atoms with Crippen molar-refractivity contribution in [2.45, 2.75) is 6.92 Å². The quantitative estimate of drug-likeness (QED) is 0.537. The summed E-state index contributed by atoms with van der Waals surface area (Å²) in [5.74, 6) is 0.864. The zero-order valence-electron chi connectivity index (χ0n) is 8.32. The molecule has 0 unspecified atom stereocenters. The molecule has 0 aliphatic carbocycles. The molecule has 0 heterocycles. The van der Waals surface area contributed by atoms with Crippen molar-refractivity contribution in [3.8, 4) is 5.75 Å². The monoisotopic (exact) mass is 191 g/mol. The SMILES string of the molecule is Cc1ccc(OCCNCB=O)cc1. The van der Waals surface area contributed by atoms with Crippen molar-refractivity contribution in [1.29, 1.82) is 0 Å². The van der Waals surface area contributed by atoms with E-state index in [9.17, 15) is 4.70 Å². The normalized spacial score (nSPS) is 9.50. The zero-order valence-corrected chi connectivity index (χ0v) is 8.32. The predicted octanol–water partition coefficient (Wildman–Crippen LogP) is 0.971. The fourth-order valence-electron chi connectivity index (χ4n) is 1.04. The van der Waals surface area contributed by atoms with Gasteiger partial charge in [0.25, 0.3) is 0 Å². The summed E-state index contributed by atoms with van der Waals surface area (Å²) in [5, 5.41) is 2.92. The number of hydrogen-bond donors (Lipinski definition) is 1.